The first-order valence-electron chi connectivity index (χ1n) is 9.39. The molecule has 9 heteroatoms. The molecule has 0 aliphatic rings. The zero-order valence-corrected chi connectivity index (χ0v) is 18.8. The maximum absolute atomic E-state index is 13.4. The molecule has 1 rings (SSSR count). The van der Waals surface area contributed by atoms with Gasteiger partial charge in [-0.25, -0.2) is 0 Å². The molecule has 0 aromatic heterocycles. The summed E-state index contributed by atoms with van der Waals surface area (Å²) in [5.74, 6) is 0. The van der Waals surface area contributed by atoms with Gasteiger partial charge in [-0.2, -0.15) is 0 Å². The van der Waals surface area contributed by atoms with E-state index >= 15 is 0 Å². The third kappa shape index (κ3) is 7.43. The number of hydrogen-bond donors (Lipinski definition) is 1. The van der Waals surface area contributed by atoms with E-state index in [1.807, 2.05) is 31.2 Å². The zero-order chi connectivity index (χ0) is 20.3. The zero-order valence-electron chi connectivity index (χ0n) is 17.0. The summed E-state index contributed by atoms with van der Waals surface area (Å²) in [6, 6.07) is 8.05. The second-order valence-corrected chi connectivity index (χ2v) is 10.7. The number of benzene rings is 1. The Morgan fingerprint density at radius 3 is 1.59 bits per heavy atom. The first kappa shape index (κ1) is 24.5. The lowest BCUT2D eigenvalue weighted by molar-refractivity contribution is 0.194. The summed E-state index contributed by atoms with van der Waals surface area (Å²) in [5.41, 5.74) is 2.23. The van der Waals surface area contributed by atoms with Crippen molar-refractivity contribution >= 4 is 15.2 Å². The van der Waals surface area contributed by atoms with Crippen LogP contribution in [0.5, 0.6) is 0 Å². The predicted molar refractivity (Wildman–Crippen MR) is 108 cm³/mol. The van der Waals surface area contributed by atoms with Crippen LogP contribution in [-0.4, -0.2) is 38.4 Å². The SMILES string of the molecule is CCOP(=O)(OCC)C(CNCc1ccc(C)cc1)P(=O)(OCC)OCC. The van der Waals surface area contributed by atoms with Gasteiger partial charge in [0.1, 0.15) is 0 Å². The second-order valence-electron chi connectivity index (χ2n) is 5.85. The molecule has 156 valence electrons. The van der Waals surface area contributed by atoms with Crippen LogP contribution in [-0.2, 0) is 33.8 Å². The van der Waals surface area contributed by atoms with Gasteiger partial charge in [-0.05, 0) is 40.2 Å². The van der Waals surface area contributed by atoms with Gasteiger partial charge < -0.3 is 23.4 Å². The Labute approximate surface area is 163 Å². The van der Waals surface area contributed by atoms with Gasteiger partial charge in [0.25, 0.3) is 0 Å². The van der Waals surface area contributed by atoms with Crippen LogP contribution in [0.2, 0.25) is 0 Å². The van der Waals surface area contributed by atoms with Gasteiger partial charge in [-0.3, -0.25) is 9.13 Å². The maximum atomic E-state index is 13.4. The highest BCUT2D eigenvalue weighted by molar-refractivity contribution is 7.72. The van der Waals surface area contributed by atoms with Gasteiger partial charge in [0.05, 0.1) is 26.4 Å². The largest absolute Gasteiger partial charge is 0.347 e. The lowest BCUT2D eigenvalue weighted by atomic mass is 10.1. The fraction of sp³-hybridized carbons (Fsp3) is 0.667. The summed E-state index contributed by atoms with van der Waals surface area (Å²) in [6.07, 6.45) is 0. The van der Waals surface area contributed by atoms with Crippen molar-refractivity contribution in [1.29, 1.82) is 0 Å². The second kappa shape index (κ2) is 12.1. The molecule has 0 amide bonds. The molecule has 0 saturated heterocycles. The van der Waals surface area contributed by atoms with Crippen LogP contribution in [0, 0.1) is 6.92 Å². The average molecular weight is 421 g/mol. The molecule has 0 atom stereocenters. The number of aryl methyl sites for hydroxylation is 1. The van der Waals surface area contributed by atoms with Gasteiger partial charge in [0.15, 0.2) is 5.40 Å². The Balaban J connectivity index is 3.05. The molecule has 0 radical (unpaired) electrons. The van der Waals surface area contributed by atoms with Gasteiger partial charge in [0, 0.05) is 13.1 Å². The van der Waals surface area contributed by atoms with Crippen molar-refractivity contribution < 1.29 is 27.2 Å². The minimum atomic E-state index is -3.72. The van der Waals surface area contributed by atoms with E-state index in [1.165, 1.54) is 5.56 Å². The van der Waals surface area contributed by atoms with Crippen LogP contribution in [0.15, 0.2) is 24.3 Å². The molecule has 0 aliphatic carbocycles. The van der Waals surface area contributed by atoms with Crippen molar-refractivity contribution in [3.8, 4) is 0 Å². The molecule has 0 heterocycles. The van der Waals surface area contributed by atoms with Crippen LogP contribution in [0.25, 0.3) is 0 Å². The summed E-state index contributed by atoms with van der Waals surface area (Å²) < 4.78 is 48.6. The van der Waals surface area contributed by atoms with Gasteiger partial charge in [0.2, 0.25) is 0 Å². The first-order chi connectivity index (χ1) is 12.8. The van der Waals surface area contributed by atoms with Crippen LogP contribution < -0.4 is 5.32 Å². The quantitative estimate of drug-likeness (QED) is 0.426. The number of hydrogen-bond acceptors (Lipinski definition) is 7. The van der Waals surface area contributed by atoms with Crippen LogP contribution in [0.4, 0.5) is 0 Å². The van der Waals surface area contributed by atoms with E-state index in [2.05, 4.69) is 5.32 Å². The minimum Gasteiger partial charge on any atom is -0.311 e. The van der Waals surface area contributed by atoms with Crippen molar-refractivity contribution in [2.24, 2.45) is 0 Å². The highest BCUT2D eigenvalue weighted by atomic mass is 31.2. The summed E-state index contributed by atoms with van der Waals surface area (Å²) in [4.78, 5) is 0. The Bertz CT molecular complexity index is 587. The Morgan fingerprint density at radius 2 is 1.22 bits per heavy atom. The van der Waals surface area contributed by atoms with E-state index in [4.69, 9.17) is 18.1 Å². The number of rotatable bonds is 14. The van der Waals surface area contributed by atoms with E-state index in [0.717, 1.165) is 5.56 Å². The Morgan fingerprint density at radius 1 is 0.815 bits per heavy atom. The monoisotopic (exact) mass is 421 g/mol. The summed E-state index contributed by atoms with van der Waals surface area (Å²) >= 11 is 0. The third-order valence-electron chi connectivity index (χ3n) is 3.74. The first-order valence-corrected chi connectivity index (χ1v) is 12.6. The third-order valence-corrected chi connectivity index (χ3v) is 9.74. The van der Waals surface area contributed by atoms with Crippen LogP contribution >= 0.6 is 15.2 Å². The normalized spacial score (nSPS) is 12.7. The van der Waals surface area contributed by atoms with E-state index < -0.39 is 20.6 Å². The van der Waals surface area contributed by atoms with Crippen molar-refractivity contribution in [2.75, 3.05) is 33.0 Å². The molecule has 1 N–H and O–H groups in total. The summed E-state index contributed by atoms with van der Waals surface area (Å²) in [5, 5.41) is 2.16. The van der Waals surface area contributed by atoms with E-state index in [9.17, 15) is 9.13 Å². The molecule has 0 spiro atoms. The highest BCUT2D eigenvalue weighted by Gasteiger charge is 2.50. The van der Waals surface area contributed by atoms with E-state index in [0.29, 0.717) is 6.54 Å². The molecule has 0 unspecified atom stereocenters. The van der Waals surface area contributed by atoms with Crippen LogP contribution in [0.3, 0.4) is 0 Å². The van der Waals surface area contributed by atoms with Crippen molar-refractivity contribution in [3.63, 3.8) is 0 Å². The summed E-state index contributed by atoms with van der Waals surface area (Å²) in [6.45, 7) is 10.2. The molecule has 0 fully saturated rings. The molecule has 0 saturated carbocycles. The molecule has 7 nitrogen and oxygen atoms in total. The van der Waals surface area contributed by atoms with Crippen molar-refractivity contribution in [2.45, 2.75) is 46.6 Å². The maximum Gasteiger partial charge on any atom is 0.347 e. The Kier molecular flexibility index (Phi) is 11.0. The van der Waals surface area contributed by atoms with E-state index in [-0.39, 0.29) is 33.0 Å². The van der Waals surface area contributed by atoms with Crippen molar-refractivity contribution in [3.05, 3.63) is 35.4 Å². The summed E-state index contributed by atoms with van der Waals surface area (Å²) in [7, 11) is -7.43. The molecule has 1 aromatic rings. The predicted octanol–water partition coefficient (Wildman–Crippen LogP) is 4.94. The van der Waals surface area contributed by atoms with Crippen molar-refractivity contribution in [1.82, 2.24) is 5.32 Å². The van der Waals surface area contributed by atoms with Crippen LogP contribution in [0.1, 0.15) is 38.8 Å². The van der Waals surface area contributed by atoms with Gasteiger partial charge >= 0.3 is 15.2 Å². The smallest absolute Gasteiger partial charge is 0.311 e. The Hall–Kier alpha value is -0.520. The topological polar surface area (TPSA) is 83.1 Å². The fourth-order valence-corrected chi connectivity index (χ4v) is 7.75. The lowest BCUT2D eigenvalue weighted by Gasteiger charge is -2.31. The minimum absolute atomic E-state index is 0.114. The van der Waals surface area contributed by atoms with Gasteiger partial charge in [-0.15, -0.1) is 0 Å². The number of nitrogens with one attached hydrogen (secondary N) is 1. The van der Waals surface area contributed by atoms with E-state index in [1.54, 1.807) is 27.7 Å². The molecular weight excluding hydrogens is 388 g/mol. The molecular formula is C18H33NO6P2. The standard InChI is InChI=1S/C18H33NO6P2/c1-6-22-26(20,23-7-2)18(27(21,24-8-3)25-9-4)15-19-14-17-12-10-16(5)11-13-17/h10-13,18-19H,6-9,14-15H2,1-5H3. The van der Waals surface area contributed by atoms with Gasteiger partial charge in [-0.1, -0.05) is 29.8 Å². The fourth-order valence-electron chi connectivity index (χ4n) is 2.59. The average Bonchev–Trinajstić information content (AvgIpc) is 2.61. The highest BCUT2D eigenvalue weighted by Crippen LogP contribution is 2.70. The molecule has 0 aliphatic heterocycles. The molecule has 27 heavy (non-hydrogen) atoms. The lowest BCUT2D eigenvalue weighted by Crippen LogP contribution is -2.30. The molecule has 0 bridgehead atoms. The molecule has 1 aromatic carbocycles.